The number of oxazole rings is 3. The van der Waals surface area contributed by atoms with E-state index in [0.717, 1.165) is 92.6 Å². The molecule has 0 bridgehead atoms. The third-order valence-corrected chi connectivity index (χ3v) is 23.5. The van der Waals surface area contributed by atoms with Crippen LogP contribution in [0.1, 0.15) is 109 Å². The number of nitrogens with zero attached hydrogens (tertiary/aromatic N) is 9. The molecule has 9 aromatic heterocycles. The Bertz CT molecular complexity index is 7530. The summed E-state index contributed by atoms with van der Waals surface area (Å²) in [5.41, 5.74) is 15.7. The summed E-state index contributed by atoms with van der Waals surface area (Å²) in [6.07, 6.45) is 4.79. The van der Waals surface area contributed by atoms with Crippen molar-refractivity contribution in [2.45, 2.75) is 143 Å². The summed E-state index contributed by atoms with van der Waals surface area (Å²) in [7, 11) is -2.75. The largest absolute Gasteiger partial charge is 0.494 e. The number of nitrogens with two attached hydrogens (primary N) is 1. The fourth-order valence-corrected chi connectivity index (χ4v) is 14.1. The molecule has 9 aromatic carbocycles. The van der Waals surface area contributed by atoms with E-state index in [1.54, 1.807) is 61.6 Å². The first-order valence-corrected chi connectivity index (χ1v) is 45.6. The monoisotopic (exact) mass is 2040 g/mol. The Morgan fingerprint density at radius 3 is 1.04 bits per heavy atom. The van der Waals surface area contributed by atoms with Crippen LogP contribution in [0.4, 0.5) is 53.0 Å². The summed E-state index contributed by atoms with van der Waals surface area (Å²) >= 11 is 0. The predicted molar refractivity (Wildman–Crippen MR) is 563 cm³/mol. The van der Waals surface area contributed by atoms with Crippen LogP contribution in [-0.4, -0.2) is 254 Å². The van der Waals surface area contributed by atoms with Gasteiger partial charge in [0.1, 0.15) is 16.6 Å². The maximum absolute atomic E-state index is 10.9. The molecule has 18 aromatic rings. The van der Waals surface area contributed by atoms with Gasteiger partial charge >= 0.3 is 76.8 Å². The van der Waals surface area contributed by atoms with Gasteiger partial charge in [0.15, 0.2) is 85.2 Å². The number of amides is 4. The Morgan fingerprint density at radius 2 is 0.638 bits per heavy atom. The van der Waals surface area contributed by atoms with Crippen LogP contribution < -0.4 is 97.4 Å². The van der Waals surface area contributed by atoms with Crippen LogP contribution in [0, 0.1) is 0 Å². The van der Waals surface area contributed by atoms with Gasteiger partial charge < -0.3 is 168 Å². The molecule has 4 aliphatic rings. The second kappa shape index (κ2) is 48.3. The molecule has 49 nitrogen and oxygen atoms in total. The summed E-state index contributed by atoms with van der Waals surface area (Å²) < 4.78 is 70.5. The molecule has 22 rings (SSSR count). The quantitative estimate of drug-likeness (QED) is 0.0501. The molecule has 2 saturated heterocycles. The number of hydrogen-bond donors (Lipinski definition) is 21. The number of rotatable bonds is 19. The van der Waals surface area contributed by atoms with Gasteiger partial charge in [-0.05, 0) is 216 Å². The lowest BCUT2D eigenvalue weighted by Crippen LogP contribution is -2.41. The molecule has 149 heavy (non-hydrogen) atoms. The Kier molecular flexibility index (Phi) is 36.5. The van der Waals surface area contributed by atoms with E-state index in [9.17, 15) is 19.2 Å². The van der Waals surface area contributed by atoms with Gasteiger partial charge in [-0.25, -0.2) is 0 Å². The molecule has 772 valence electrons. The van der Waals surface area contributed by atoms with Crippen LogP contribution in [0.3, 0.4) is 0 Å². The van der Waals surface area contributed by atoms with Gasteiger partial charge in [-0.1, -0.05) is 109 Å². The lowest BCUT2D eigenvalue weighted by molar-refractivity contribution is -0.115. The number of nitrogens with one attached hydrogen (secondary N) is 8. The third-order valence-electron chi connectivity index (χ3n) is 23.5. The minimum Gasteiger partial charge on any atom is -0.450 e. The fraction of sp³-hybridized carbons (Fsp3) is 0.264. The minimum absolute atomic E-state index is 0. The highest BCUT2D eigenvalue weighted by atomic mass is 16.7. The van der Waals surface area contributed by atoms with E-state index >= 15 is 0 Å². The first kappa shape index (κ1) is 113. The van der Waals surface area contributed by atoms with Gasteiger partial charge in [0, 0.05) is 53.9 Å². The zero-order chi connectivity index (χ0) is 106. The lowest BCUT2D eigenvalue weighted by Gasteiger charge is -2.32. The van der Waals surface area contributed by atoms with Crippen molar-refractivity contribution in [2.24, 2.45) is 0 Å². The topological polar surface area (TPSA) is 767 Å². The average Bonchev–Trinajstić information content (AvgIpc) is 1.61. The number of aromatic nitrogens is 9. The molecule has 4 amide bonds. The van der Waals surface area contributed by atoms with Crippen LogP contribution >= 0.6 is 0 Å². The van der Waals surface area contributed by atoms with Crippen LogP contribution in [0.15, 0.2) is 204 Å². The van der Waals surface area contributed by atoms with E-state index in [0.29, 0.717) is 112 Å². The Hall–Kier alpha value is -15.0. The number of hydrogen-bond acceptors (Lipinski definition) is 43. The summed E-state index contributed by atoms with van der Waals surface area (Å²) in [6.45, 7) is 21.8. The Morgan fingerprint density at radius 1 is 0.336 bits per heavy atom. The van der Waals surface area contributed by atoms with Crippen molar-refractivity contribution in [1.29, 1.82) is 0 Å². The van der Waals surface area contributed by atoms with Gasteiger partial charge in [-0.2, -0.15) is 15.0 Å². The number of anilines is 9. The standard InChI is InChI=1S/C16H21BN2O3.C14H19BN2O3.C10H10BN2O2.4C9H9BN2O4.C8H8BN2O2.C7H7BN2O3.2H2O/c1-15(2)16(3,4)22-17(21-15)10-5-8-13-12(9-10)14(19-20-13)18-11-6-7-11;1-13(2)14(3,4)20-15(19-13)9-6-7-11-10(8-9)12(16-5)17-18-11;14-11-6-1-4-9-8(5-6)10(13-15-9)12-7-2-3-7;1-5(13)11-9-12-7-4-6(10(14)15)2-3-8(7)16-9;1-5(13)11-9-7-4-6(10(14)15)2-3-8(7)16-12-9;1-5(13)11-9-12-7-3-2-6(10(14)15)4-8(7)16-9;1-5(13)11-9-7-3-2-6(10(14)15)4-8(7)16-12-9;1-10-8-6-4-5(9-12)2-3-7(6)13-11-8;9-7-10-5-3-4(8(11)12)1-2-6(5)13-7;;/h5,8-9,11H,6-7H2,1-4H3,(H,18,19);6-8H,1-5H3,(H,16,17);1,4-5,7,14H,2-3H2,(H,12,13);4*2-4,14-15H,1H3,(H,11,12,13);2-4,12H,1H3,(H,10,11);1-3,11-12H,(H2,9,10);2*1H2. The number of fused-ring (bicyclic) bond motifs is 9. The highest BCUT2D eigenvalue weighted by Crippen LogP contribution is 2.40. The maximum Gasteiger partial charge on any atom is 0.494 e. The van der Waals surface area contributed by atoms with Crippen molar-refractivity contribution < 1.29 is 149 Å². The zero-order valence-corrected chi connectivity index (χ0v) is 82.7. The molecule has 2 aliphatic heterocycles. The van der Waals surface area contributed by atoms with Crippen molar-refractivity contribution in [3.05, 3.63) is 164 Å². The molecule has 2 radical (unpaired) electrons. The SMILES string of the molecule is CC(=O)Nc1nc2cc(B(O)O)ccc2o1.CC(=O)Nc1nc2ccc(B(O)O)cc2o1.CC(=O)Nc1noc2cc(B(O)O)ccc12.CC(=O)Nc1noc2ccc(B(O)O)cc12.CC1(C)OB(c2ccc3onc(NC4CC4)c3c2)OC1(C)C.CNc1noc2ccc(B3OC(C)(C)C(C)(C)O3)cc12.CNc1noc2ccc([B]O)cc12.Nc1nc2cc(B(O)O)ccc2o1.O.O.O[B]c1ccc2onc(NC3CC3)c2c1. The molecule has 11 heterocycles. The maximum atomic E-state index is 10.9. The molecule has 2 saturated carbocycles. The minimum atomic E-state index is -1.57. The smallest absolute Gasteiger partial charge is 0.450 e. The fourth-order valence-electron chi connectivity index (χ4n) is 14.1. The second-order valence-electron chi connectivity index (χ2n) is 35.9. The molecule has 0 spiro atoms. The van der Waals surface area contributed by atoms with Crippen LogP contribution in [0.5, 0.6) is 0 Å². The van der Waals surface area contributed by atoms with E-state index in [4.69, 9.17) is 125 Å². The summed E-state index contributed by atoms with van der Waals surface area (Å²) in [4.78, 5) is 55.1. The van der Waals surface area contributed by atoms with Crippen LogP contribution in [0.25, 0.3) is 99.1 Å². The number of carbonyl (C=O) groups excluding carboxylic acids is 4. The van der Waals surface area contributed by atoms with Crippen LogP contribution in [-0.2, 0) is 37.8 Å². The van der Waals surface area contributed by atoms with E-state index < -0.39 is 35.6 Å². The predicted octanol–water partition coefficient (Wildman–Crippen LogP) is 0.920. The average molecular weight is 2040 g/mol. The van der Waals surface area contributed by atoms with Gasteiger partial charge in [0.2, 0.25) is 23.6 Å². The molecular weight excluding hydrogens is 1940 g/mol. The first-order valence-electron chi connectivity index (χ1n) is 45.6. The molecule has 26 N–H and O–H groups in total. The Labute approximate surface area is 850 Å². The van der Waals surface area contributed by atoms with E-state index in [-0.39, 0.29) is 95.1 Å². The zero-order valence-electron chi connectivity index (χ0n) is 82.7. The lowest BCUT2D eigenvalue weighted by atomic mass is 9.78. The van der Waals surface area contributed by atoms with Gasteiger partial charge in [-0.3, -0.25) is 29.8 Å². The third kappa shape index (κ3) is 28.3. The molecule has 0 unspecified atom stereocenters. The highest BCUT2D eigenvalue weighted by Gasteiger charge is 2.53. The number of nitrogen functional groups attached to an aromatic ring is 1. The van der Waals surface area contributed by atoms with E-state index in [1.165, 1.54) is 114 Å². The van der Waals surface area contributed by atoms with Crippen LogP contribution in [0.2, 0.25) is 0 Å². The normalized spacial score (nSPS) is 14.1. The van der Waals surface area contributed by atoms with Crippen molar-refractivity contribution in [3.8, 4) is 0 Å². The molecule has 58 heteroatoms. The summed E-state index contributed by atoms with van der Waals surface area (Å²) in [6, 6.07) is 46.8. The van der Waals surface area contributed by atoms with Gasteiger partial charge in [0.25, 0.3) is 6.01 Å². The van der Waals surface area contributed by atoms with Crippen molar-refractivity contribution in [2.75, 3.05) is 62.4 Å². The molecular formula is C91H105B9N18O31. The van der Waals surface area contributed by atoms with Gasteiger partial charge in [0.05, 0.1) is 54.7 Å². The van der Waals surface area contributed by atoms with Crippen molar-refractivity contribution in [3.63, 3.8) is 0 Å². The van der Waals surface area contributed by atoms with Crippen molar-refractivity contribution in [1.82, 2.24) is 45.9 Å². The number of benzene rings is 9. The molecule has 4 fully saturated rings. The number of carbonyl (C=O) groups is 4. The molecule has 2 aliphatic carbocycles. The first-order chi connectivity index (χ1) is 69.8. The second-order valence-corrected chi connectivity index (χ2v) is 35.9. The molecule has 0 atom stereocenters. The Balaban J connectivity index is 0.000000149. The summed E-state index contributed by atoms with van der Waals surface area (Å²) in [5, 5.41) is 158. The highest BCUT2D eigenvalue weighted by molar-refractivity contribution is 6.63. The van der Waals surface area contributed by atoms with Gasteiger partial charge in [-0.15, -0.1) is 0 Å². The summed E-state index contributed by atoms with van der Waals surface area (Å²) in [5.74, 6) is 2.49. The van der Waals surface area contributed by atoms with E-state index in [1.807, 2.05) is 77.2 Å². The van der Waals surface area contributed by atoms with E-state index in [2.05, 4.69) is 122 Å². The van der Waals surface area contributed by atoms with Crippen molar-refractivity contribution >= 4 is 290 Å².